The highest BCUT2D eigenvalue weighted by Crippen LogP contribution is 2.42. The number of nitrogens with zero attached hydrogens (tertiary/aromatic N) is 2. The maximum Gasteiger partial charge on any atom is 0.141 e. The second-order valence-corrected chi connectivity index (χ2v) is 5.94. The summed E-state index contributed by atoms with van der Waals surface area (Å²) in [5, 5.41) is 7.52. The van der Waals surface area contributed by atoms with E-state index >= 15 is 0 Å². The molecular weight excluding hydrogens is 354 g/mol. The molecule has 0 aliphatic heterocycles. The largest absolute Gasteiger partial charge is 0.495 e. The molecule has 1 N–H and O–H groups in total. The first-order valence-electron chi connectivity index (χ1n) is 6.56. The Morgan fingerprint density at radius 1 is 1.33 bits per heavy atom. The summed E-state index contributed by atoms with van der Waals surface area (Å²) in [5.74, 6) is 1.49. The van der Waals surface area contributed by atoms with E-state index < -0.39 is 0 Å². The minimum atomic E-state index is -0.0166. The van der Waals surface area contributed by atoms with E-state index in [0.717, 1.165) is 38.5 Å². The van der Waals surface area contributed by atoms with E-state index in [2.05, 4.69) is 37.8 Å². The average Bonchev–Trinajstić information content (AvgIpc) is 2.97. The molecule has 0 spiro atoms. The summed E-state index contributed by atoms with van der Waals surface area (Å²) in [7, 11) is 5.21. The van der Waals surface area contributed by atoms with Gasteiger partial charge in [-0.1, -0.05) is 11.4 Å². The molecule has 0 aliphatic rings. The molecule has 114 valence electrons. The van der Waals surface area contributed by atoms with E-state index in [1.807, 2.05) is 19.2 Å². The third kappa shape index (κ3) is 3.04. The Kier molecular flexibility index (Phi) is 5.55. The van der Waals surface area contributed by atoms with Crippen molar-refractivity contribution >= 4 is 27.5 Å². The van der Waals surface area contributed by atoms with E-state index in [0.29, 0.717) is 0 Å². The van der Waals surface area contributed by atoms with Crippen molar-refractivity contribution in [3.8, 4) is 11.5 Å². The maximum absolute atomic E-state index is 5.57. The maximum atomic E-state index is 5.57. The number of hydrogen-bond acceptors (Lipinski definition) is 6. The summed E-state index contributed by atoms with van der Waals surface area (Å²) >= 11 is 4.95. The predicted octanol–water partition coefficient (Wildman–Crippen LogP) is 3.19. The highest BCUT2D eigenvalue weighted by molar-refractivity contribution is 9.10. The van der Waals surface area contributed by atoms with Gasteiger partial charge in [0, 0.05) is 5.56 Å². The van der Waals surface area contributed by atoms with Crippen molar-refractivity contribution in [3.63, 3.8) is 0 Å². The standard InChI is InChI=1S/C14H18BrN3O2S/c1-5-9-14(21-18-17-9)12(16-2)8-6-7-10(19-3)11(15)13(8)20-4/h6-7,12,16H,5H2,1-4H3. The van der Waals surface area contributed by atoms with Crippen molar-refractivity contribution in [3.05, 3.63) is 32.7 Å². The highest BCUT2D eigenvalue weighted by atomic mass is 79.9. The molecule has 2 rings (SSSR count). The van der Waals surface area contributed by atoms with Gasteiger partial charge >= 0.3 is 0 Å². The molecule has 1 aromatic heterocycles. The van der Waals surface area contributed by atoms with Crippen molar-refractivity contribution in [2.24, 2.45) is 0 Å². The molecule has 0 bridgehead atoms. The number of methoxy groups -OCH3 is 2. The predicted molar refractivity (Wildman–Crippen MR) is 87.4 cm³/mol. The second-order valence-electron chi connectivity index (χ2n) is 4.36. The van der Waals surface area contributed by atoms with E-state index in [1.54, 1.807) is 14.2 Å². The number of ether oxygens (including phenoxy) is 2. The van der Waals surface area contributed by atoms with E-state index in [-0.39, 0.29) is 6.04 Å². The van der Waals surface area contributed by atoms with Crippen LogP contribution in [0, 0.1) is 0 Å². The Morgan fingerprint density at radius 2 is 2.10 bits per heavy atom. The smallest absolute Gasteiger partial charge is 0.141 e. The van der Waals surface area contributed by atoms with Crippen molar-refractivity contribution < 1.29 is 9.47 Å². The van der Waals surface area contributed by atoms with Gasteiger partial charge in [-0.2, -0.15) is 0 Å². The lowest BCUT2D eigenvalue weighted by Crippen LogP contribution is -2.19. The molecule has 0 aliphatic carbocycles. The monoisotopic (exact) mass is 371 g/mol. The molecule has 0 fully saturated rings. The minimum absolute atomic E-state index is 0.0166. The SMILES string of the molecule is CCc1nnsc1C(NC)c1ccc(OC)c(Br)c1OC. The Morgan fingerprint density at radius 3 is 2.67 bits per heavy atom. The summed E-state index contributed by atoms with van der Waals surface area (Å²) in [6, 6.07) is 3.91. The first-order chi connectivity index (χ1) is 10.2. The molecule has 21 heavy (non-hydrogen) atoms. The zero-order chi connectivity index (χ0) is 15.4. The molecule has 0 amide bonds. The molecule has 0 saturated carbocycles. The zero-order valence-electron chi connectivity index (χ0n) is 12.4. The number of benzene rings is 1. The van der Waals surface area contributed by atoms with Gasteiger partial charge in [0.15, 0.2) is 0 Å². The van der Waals surface area contributed by atoms with Crippen molar-refractivity contribution in [1.29, 1.82) is 0 Å². The molecule has 7 heteroatoms. The Balaban J connectivity index is 2.55. The summed E-state index contributed by atoms with van der Waals surface area (Å²) in [6.45, 7) is 2.08. The van der Waals surface area contributed by atoms with Crippen LogP contribution in [0.3, 0.4) is 0 Å². The van der Waals surface area contributed by atoms with Gasteiger partial charge in [-0.25, -0.2) is 0 Å². The van der Waals surface area contributed by atoms with E-state index in [1.165, 1.54) is 11.5 Å². The van der Waals surface area contributed by atoms with Gasteiger partial charge in [0.2, 0.25) is 0 Å². The van der Waals surface area contributed by atoms with Crippen LogP contribution in [-0.2, 0) is 6.42 Å². The molecule has 5 nitrogen and oxygen atoms in total. The second kappa shape index (κ2) is 7.20. The van der Waals surface area contributed by atoms with Crippen LogP contribution in [0.5, 0.6) is 11.5 Å². The van der Waals surface area contributed by atoms with E-state index in [4.69, 9.17) is 9.47 Å². The van der Waals surface area contributed by atoms with Crippen LogP contribution in [0.25, 0.3) is 0 Å². The van der Waals surface area contributed by atoms with Gasteiger partial charge in [0.25, 0.3) is 0 Å². The summed E-state index contributed by atoms with van der Waals surface area (Å²) in [4.78, 5) is 1.11. The van der Waals surface area contributed by atoms with Crippen molar-refractivity contribution in [1.82, 2.24) is 14.9 Å². The molecule has 1 aromatic carbocycles. The summed E-state index contributed by atoms with van der Waals surface area (Å²) in [6.07, 6.45) is 0.851. The van der Waals surface area contributed by atoms with Crippen LogP contribution in [0.15, 0.2) is 16.6 Å². The fraction of sp³-hybridized carbons (Fsp3) is 0.429. The Labute approximate surface area is 137 Å². The fourth-order valence-corrected chi connectivity index (χ4v) is 3.81. The van der Waals surface area contributed by atoms with Crippen LogP contribution in [-0.4, -0.2) is 30.9 Å². The van der Waals surface area contributed by atoms with Crippen molar-refractivity contribution in [2.45, 2.75) is 19.4 Å². The fourth-order valence-electron chi connectivity index (χ4n) is 2.25. The topological polar surface area (TPSA) is 56.3 Å². The summed E-state index contributed by atoms with van der Waals surface area (Å²) < 4.78 is 15.8. The molecule has 2 aromatic rings. The van der Waals surface area contributed by atoms with Crippen molar-refractivity contribution in [2.75, 3.05) is 21.3 Å². The molecule has 1 heterocycles. The first kappa shape index (κ1) is 16.2. The third-order valence-corrected chi connectivity index (χ3v) is 4.88. The molecule has 1 atom stereocenters. The highest BCUT2D eigenvalue weighted by Gasteiger charge is 2.24. The number of hydrogen-bond donors (Lipinski definition) is 1. The van der Waals surface area contributed by atoms with Gasteiger partial charge in [-0.3, -0.25) is 0 Å². The Hall–Kier alpha value is -1.18. The lowest BCUT2D eigenvalue weighted by atomic mass is 10.0. The zero-order valence-corrected chi connectivity index (χ0v) is 14.8. The van der Waals surface area contributed by atoms with Crippen LogP contribution in [0.1, 0.15) is 29.1 Å². The number of halogens is 1. The number of rotatable bonds is 6. The molecule has 0 radical (unpaired) electrons. The van der Waals surface area contributed by atoms with Crippen LogP contribution in [0.2, 0.25) is 0 Å². The summed E-state index contributed by atoms with van der Waals surface area (Å²) in [5.41, 5.74) is 2.03. The minimum Gasteiger partial charge on any atom is -0.495 e. The van der Waals surface area contributed by atoms with Gasteiger partial charge in [-0.15, -0.1) is 5.10 Å². The normalized spacial score (nSPS) is 12.2. The lowest BCUT2D eigenvalue weighted by Gasteiger charge is -2.20. The third-order valence-electron chi connectivity index (χ3n) is 3.30. The first-order valence-corrected chi connectivity index (χ1v) is 8.13. The van der Waals surface area contributed by atoms with Crippen LogP contribution >= 0.6 is 27.5 Å². The lowest BCUT2D eigenvalue weighted by molar-refractivity contribution is 0.383. The quantitative estimate of drug-likeness (QED) is 0.844. The van der Waals surface area contributed by atoms with Gasteiger partial charge in [0.05, 0.1) is 30.8 Å². The Bertz CT molecular complexity index is 618. The molecular formula is C14H18BrN3O2S. The number of aryl methyl sites for hydroxylation is 1. The molecule has 0 saturated heterocycles. The number of aromatic nitrogens is 2. The van der Waals surface area contributed by atoms with Gasteiger partial charge in [-0.05, 0) is 53.1 Å². The van der Waals surface area contributed by atoms with Crippen LogP contribution < -0.4 is 14.8 Å². The van der Waals surface area contributed by atoms with E-state index in [9.17, 15) is 0 Å². The number of nitrogens with one attached hydrogen (secondary N) is 1. The van der Waals surface area contributed by atoms with Crippen LogP contribution in [0.4, 0.5) is 0 Å². The molecule has 1 unspecified atom stereocenters. The van der Waals surface area contributed by atoms with Gasteiger partial charge in [0.1, 0.15) is 16.0 Å². The van der Waals surface area contributed by atoms with Gasteiger partial charge < -0.3 is 14.8 Å². The average molecular weight is 372 g/mol.